The minimum atomic E-state index is -3.78. The van der Waals surface area contributed by atoms with E-state index in [4.69, 9.17) is 4.42 Å². The normalized spacial score (nSPS) is 14.3. The fourth-order valence-electron chi connectivity index (χ4n) is 2.44. The number of nitrogens with one attached hydrogen (secondary N) is 1. The van der Waals surface area contributed by atoms with E-state index in [1.807, 2.05) is 0 Å². The number of hydrogen-bond donors (Lipinski definition) is 2. The lowest BCUT2D eigenvalue weighted by atomic mass is 9.99. The van der Waals surface area contributed by atoms with E-state index < -0.39 is 21.4 Å². The molecular weight excluding hydrogens is 365 g/mol. The fraction of sp³-hybridized carbons (Fsp3) is 0.176. The van der Waals surface area contributed by atoms with Crippen molar-refractivity contribution in [1.29, 1.82) is 0 Å². The molecule has 2 N–H and O–H groups in total. The van der Waals surface area contributed by atoms with Gasteiger partial charge in [-0.15, -0.1) is 11.3 Å². The van der Waals surface area contributed by atoms with Crippen LogP contribution in [0.5, 0.6) is 0 Å². The van der Waals surface area contributed by atoms with Crippen molar-refractivity contribution >= 4 is 21.4 Å². The number of benzene rings is 1. The lowest BCUT2D eigenvalue weighted by Gasteiger charge is -2.25. The summed E-state index contributed by atoms with van der Waals surface area (Å²) >= 11 is 1.29. The second kappa shape index (κ2) is 7.09. The van der Waals surface area contributed by atoms with Gasteiger partial charge < -0.3 is 9.52 Å². The van der Waals surface area contributed by atoms with E-state index in [1.165, 1.54) is 35.8 Å². The Balaban J connectivity index is 1.79. The molecule has 0 aliphatic heterocycles. The maximum Gasteiger partial charge on any atom is 0.215 e. The number of halogens is 1. The Hall–Kier alpha value is -2.00. The van der Waals surface area contributed by atoms with Gasteiger partial charge in [-0.2, -0.15) is 0 Å². The van der Waals surface area contributed by atoms with E-state index in [1.54, 1.807) is 29.6 Å². The first-order valence-electron chi connectivity index (χ1n) is 7.41. The van der Waals surface area contributed by atoms with Crippen LogP contribution in [0.1, 0.15) is 16.2 Å². The summed E-state index contributed by atoms with van der Waals surface area (Å²) in [7, 11) is -3.78. The SMILES string of the molecule is O=S(=O)(Cc1cccc(F)c1)NCC(O)(c1ccco1)c1cccs1. The van der Waals surface area contributed by atoms with Crippen LogP contribution in [0, 0.1) is 5.82 Å². The predicted octanol–water partition coefficient (Wildman–Crippen LogP) is 2.84. The molecule has 132 valence electrons. The van der Waals surface area contributed by atoms with Crippen molar-refractivity contribution in [3.8, 4) is 0 Å². The van der Waals surface area contributed by atoms with Crippen molar-refractivity contribution in [3.63, 3.8) is 0 Å². The summed E-state index contributed by atoms with van der Waals surface area (Å²) < 4.78 is 45.6. The van der Waals surface area contributed by atoms with Crippen LogP contribution < -0.4 is 4.72 Å². The van der Waals surface area contributed by atoms with Crippen LogP contribution in [-0.4, -0.2) is 20.1 Å². The van der Waals surface area contributed by atoms with Gasteiger partial charge in [0.05, 0.1) is 18.6 Å². The van der Waals surface area contributed by atoms with Crippen molar-refractivity contribution in [1.82, 2.24) is 4.72 Å². The molecule has 0 aliphatic carbocycles. The highest BCUT2D eigenvalue weighted by molar-refractivity contribution is 7.88. The van der Waals surface area contributed by atoms with Gasteiger partial charge in [-0.05, 0) is 41.3 Å². The van der Waals surface area contributed by atoms with E-state index in [9.17, 15) is 17.9 Å². The molecule has 1 unspecified atom stereocenters. The lowest BCUT2D eigenvalue weighted by molar-refractivity contribution is 0.0655. The summed E-state index contributed by atoms with van der Waals surface area (Å²) in [6.07, 6.45) is 1.41. The summed E-state index contributed by atoms with van der Waals surface area (Å²) in [6, 6.07) is 12.1. The van der Waals surface area contributed by atoms with Crippen molar-refractivity contribution in [2.75, 3.05) is 6.54 Å². The van der Waals surface area contributed by atoms with Gasteiger partial charge in [0.2, 0.25) is 10.0 Å². The third kappa shape index (κ3) is 4.16. The van der Waals surface area contributed by atoms with Crippen molar-refractivity contribution < 1.29 is 22.3 Å². The molecule has 0 bridgehead atoms. The van der Waals surface area contributed by atoms with Crippen LogP contribution in [0.2, 0.25) is 0 Å². The van der Waals surface area contributed by atoms with Crippen LogP contribution in [0.25, 0.3) is 0 Å². The minimum absolute atomic E-state index is 0.239. The first kappa shape index (κ1) is 17.8. The highest BCUT2D eigenvalue weighted by Gasteiger charge is 2.36. The summed E-state index contributed by atoms with van der Waals surface area (Å²) in [4.78, 5) is 0.552. The summed E-state index contributed by atoms with van der Waals surface area (Å²) in [5.74, 6) is -0.648. The van der Waals surface area contributed by atoms with Crippen molar-refractivity contribution in [2.45, 2.75) is 11.4 Å². The fourth-order valence-corrected chi connectivity index (χ4v) is 4.41. The zero-order chi connectivity index (χ0) is 17.9. The Morgan fingerprint density at radius 2 is 2.04 bits per heavy atom. The highest BCUT2D eigenvalue weighted by Crippen LogP contribution is 2.32. The van der Waals surface area contributed by atoms with E-state index in [-0.39, 0.29) is 18.1 Å². The van der Waals surface area contributed by atoms with Crippen LogP contribution in [-0.2, 0) is 21.4 Å². The average Bonchev–Trinajstić information content (AvgIpc) is 3.26. The van der Waals surface area contributed by atoms with Gasteiger partial charge >= 0.3 is 0 Å². The topological polar surface area (TPSA) is 79.5 Å². The maximum atomic E-state index is 13.2. The van der Waals surface area contributed by atoms with Gasteiger partial charge in [0.1, 0.15) is 11.6 Å². The Morgan fingerprint density at radius 3 is 2.68 bits per heavy atom. The Labute approximate surface area is 148 Å². The maximum absolute atomic E-state index is 13.2. The van der Waals surface area contributed by atoms with Gasteiger partial charge in [0.15, 0.2) is 5.60 Å². The van der Waals surface area contributed by atoms with Gasteiger partial charge in [-0.25, -0.2) is 17.5 Å². The predicted molar refractivity (Wildman–Crippen MR) is 93.1 cm³/mol. The summed E-state index contributed by atoms with van der Waals surface area (Å²) in [5, 5.41) is 12.8. The smallest absolute Gasteiger partial charge is 0.215 e. The monoisotopic (exact) mass is 381 g/mol. The minimum Gasteiger partial charge on any atom is -0.466 e. The van der Waals surface area contributed by atoms with Crippen LogP contribution >= 0.6 is 11.3 Å². The van der Waals surface area contributed by atoms with E-state index in [0.717, 1.165) is 6.07 Å². The molecule has 5 nitrogen and oxygen atoms in total. The molecule has 0 radical (unpaired) electrons. The summed E-state index contributed by atoms with van der Waals surface area (Å²) in [5.41, 5.74) is -1.29. The molecule has 0 saturated heterocycles. The van der Waals surface area contributed by atoms with Crippen LogP contribution in [0.4, 0.5) is 4.39 Å². The largest absolute Gasteiger partial charge is 0.466 e. The quantitative estimate of drug-likeness (QED) is 0.660. The van der Waals surface area contributed by atoms with Gasteiger partial charge in [-0.1, -0.05) is 18.2 Å². The number of hydrogen-bond acceptors (Lipinski definition) is 5. The molecule has 0 aliphatic rings. The first-order chi connectivity index (χ1) is 11.9. The Bertz CT molecular complexity index is 887. The molecule has 0 saturated carbocycles. The lowest BCUT2D eigenvalue weighted by Crippen LogP contribution is -2.41. The molecule has 3 aromatic rings. The molecule has 2 aromatic heterocycles. The molecule has 0 amide bonds. The molecule has 0 spiro atoms. The van der Waals surface area contributed by atoms with Crippen LogP contribution in [0.3, 0.4) is 0 Å². The number of sulfonamides is 1. The molecule has 1 atom stereocenters. The number of aliphatic hydroxyl groups is 1. The number of rotatable bonds is 7. The molecule has 1 aromatic carbocycles. The second-order valence-electron chi connectivity index (χ2n) is 5.52. The van der Waals surface area contributed by atoms with Crippen LogP contribution in [0.15, 0.2) is 64.6 Å². The summed E-state index contributed by atoms with van der Waals surface area (Å²) in [6.45, 7) is -0.293. The van der Waals surface area contributed by atoms with Crippen molar-refractivity contribution in [3.05, 3.63) is 82.2 Å². The van der Waals surface area contributed by atoms with Crippen molar-refractivity contribution in [2.24, 2.45) is 0 Å². The zero-order valence-electron chi connectivity index (χ0n) is 13.1. The third-order valence-electron chi connectivity index (χ3n) is 3.65. The zero-order valence-corrected chi connectivity index (χ0v) is 14.7. The molecule has 8 heteroatoms. The number of furan rings is 1. The average molecular weight is 381 g/mol. The Morgan fingerprint density at radius 1 is 1.20 bits per heavy atom. The molecule has 0 fully saturated rings. The highest BCUT2D eigenvalue weighted by atomic mass is 32.2. The van der Waals surface area contributed by atoms with E-state index >= 15 is 0 Å². The number of thiophene rings is 1. The molecular formula is C17H16FNO4S2. The first-order valence-corrected chi connectivity index (χ1v) is 9.94. The molecule has 3 rings (SSSR count). The molecule has 2 heterocycles. The van der Waals surface area contributed by atoms with Gasteiger partial charge in [0.25, 0.3) is 0 Å². The van der Waals surface area contributed by atoms with Gasteiger partial charge in [-0.3, -0.25) is 0 Å². The second-order valence-corrected chi connectivity index (χ2v) is 8.28. The standard InChI is InChI=1S/C17H16FNO4S2/c18-14-5-1-4-13(10-14)11-25(21,22)19-12-17(20,15-6-2-8-23-15)16-7-3-9-24-16/h1-10,19-20H,11-12H2. The van der Waals surface area contributed by atoms with E-state index in [2.05, 4.69) is 4.72 Å². The van der Waals surface area contributed by atoms with Gasteiger partial charge in [0, 0.05) is 4.88 Å². The molecule has 25 heavy (non-hydrogen) atoms. The Kier molecular flexibility index (Phi) is 5.05. The van der Waals surface area contributed by atoms with E-state index in [0.29, 0.717) is 10.4 Å². The third-order valence-corrected chi connectivity index (χ3v) is 5.97.